The van der Waals surface area contributed by atoms with Crippen LogP contribution < -0.4 is 15.8 Å². The molecule has 0 aliphatic carbocycles. The van der Waals surface area contributed by atoms with Crippen molar-refractivity contribution in [2.75, 3.05) is 6.61 Å². The van der Waals surface area contributed by atoms with Gasteiger partial charge in [-0.15, -0.1) is 0 Å². The number of amides is 2. The van der Waals surface area contributed by atoms with Crippen molar-refractivity contribution in [3.05, 3.63) is 29.8 Å². The summed E-state index contributed by atoms with van der Waals surface area (Å²) in [6, 6.07) is 6.98. The van der Waals surface area contributed by atoms with Gasteiger partial charge in [0.2, 0.25) is 0 Å². The number of benzene rings is 1. The Morgan fingerprint density at radius 3 is 2.30 bits per heavy atom. The van der Waals surface area contributed by atoms with Gasteiger partial charge in [0.05, 0.1) is 0 Å². The first kappa shape index (κ1) is 15.8. The first-order valence-corrected chi connectivity index (χ1v) is 6.23. The van der Waals surface area contributed by atoms with Crippen molar-refractivity contribution >= 4 is 12.0 Å². The molecule has 6 heteroatoms. The second kappa shape index (κ2) is 6.79. The van der Waals surface area contributed by atoms with E-state index >= 15 is 0 Å². The zero-order chi connectivity index (χ0) is 15.2. The van der Waals surface area contributed by atoms with Gasteiger partial charge >= 0.3 is 6.09 Å². The molecule has 0 aliphatic rings. The summed E-state index contributed by atoms with van der Waals surface area (Å²) in [6.07, 6.45) is -0.466. The molecule has 0 bridgehead atoms. The molecule has 1 aromatic carbocycles. The summed E-state index contributed by atoms with van der Waals surface area (Å²) in [6.45, 7) is 5.60. The lowest BCUT2D eigenvalue weighted by Crippen LogP contribution is -2.32. The minimum Gasteiger partial charge on any atom is -0.484 e. The van der Waals surface area contributed by atoms with E-state index in [2.05, 4.69) is 5.32 Å². The summed E-state index contributed by atoms with van der Waals surface area (Å²) in [4.78, 5) is 22.0. The molecule has 0 fully saturated rings. The molecule has 0 unspecified atom stereocenters. The molecule has 6 nitrogen and oxygen atoms in total. The first-order chi connectivity index (χ1) is 9.26. The van der Waals surface area contributed by atoms with Gasteiger partial charge < -0.3 is 20.5 Å². The number of hydrogen-bond acceptors (Lipinski definition) is 4. The van der Waals surface area contributed by atoms with Gasteiger partial charge in [-0.1, -0.05) is 12.1 Å². The number of carbonyl (C=O) groups is 2. The third kappa shape index (κ3) is 6.63. The molecule has 20 heavy (non-hydrogen) atoms. The van der Waals surface area contributed by atoms with Gasteiger partial charge in [0.15, 0.2) is 6.61 Å². The van der Waals surface area contributed by atoms with E-state index in [0.717, 1.165) is 5.56 Å². The lowest BCUT2D eigenvalue weighted by Gasteiger charge is -2.19. The van der Waals surface area contributed by atoms with Crippen LogP contribution in [0.1, 0.15) is 26.3 Å². The molecule has 0 heterocycles. The Morgan fingerprint density at radius 2 is 1.80 bits per heavy atom. The molecule has 0 radical (unpaired) electrons. The smallest absolute Gasteiger partial charge is 0.407 e. The summed E-state index contributed by atoms with van der Waals surface area (Å²) < 4.78 is 10.2. The zero-order valence-corrected chi connectivity index (χ0v) is 11.9. The molecule has 0 saturated carbocycles. The highest BCUT2D eigenvalue weighted by Crippen LogP contribution is 2.12. The Labute approximate surface area is 118 Å². The molecule has 1 aromatic rings. The van der Waals surface area contributed by atoms with E-state index < -0.39 is 17.6 Å². The number of nitrogens with two attached hydrogens (primary N) is 1. The van der Waals surface area contributed by atoms with Crippen LogP contribution >= 0.6 is 0 Å². The molecule has 0 aromatic heterocycles. The third-order valence-corrected chi connectivity index (χ3v) is 2.14. The highest BCUT2D eigenvalue weighted by molar-refractivity contribution is 5.75. The molecule has 0 saturated heterocycles. The van der Waals surface area contributed by atoms with E-state index in [0.29, 0.717) is 12.3 Å². The van der Waals surface area contributed by atoms with Crippen LogP contribution in [0.2, 0.25) is 0 Å². The van der Waals surface area contributed by atoms with E-state index in [1.807, 2.05) is 0 Å². The molecule has 0 aliphatic heterocycles. The van der Waals surface area contributed by atoms with Crippen LogP contribution in [0.25, 0.3) is 0 Å². The Kier molecular flexibility index (Phi) is 5.37. The lowest BCUT2D eigenvalue weighted by atomic mass is 10.2. The summed E-state index contributed by atoms with van der Waals surface area (Å²) in [5.41, 5.74) is 5.35. The number of alkyl carbamates (subject to hydrolysis) is 1. The van der Waals surface area contributed by atoms with Gasteiger partial charge in [-0.3, -0.25) is 4.79 Å². The SMILES string of the molecule is CC(C)(C)OC(=O)NCc1ccc(OCC(N)=O)cc1. The molecule has 2 amide bonds. The summed E-state index contributed by atoms with van der Waals surface area (Å²) in [5, 5.41) is 2.65. The number of carbonyl (C=O) groups excluding carboxylic acids is 2. The van der Waals surface area contributed by atoms with E-state index in [-0.39, 0.29) is 6.61 Å². The van der Waals surface area contributed by atoms with Crippen molar-refractivity contribution in [1.82, 2.24) is 5.32 Å². The van der Waals surface area contributed by atoms with E-state index in [1.165, 1.54) is 0 Å². The van der Waals surface area contributed by atoms with Gasteiger partial charge in [0.25, 0.3) is 5.91 Å². The average Bonchev–Trinajstić information content (AvgIpc) is 2.33. The molecule has 1 rings (SSSR count). The van der Waals surface area contributed by atoms with Crippen molar-refractivity contribution in [3.63, 3.8) is 0 Å². The van der Waals surface area contributed by atoms with Crippen molar-refractivity contribution in [1.29, 1.82) is 0 Å². The second-order valence-electron chi connectivity index (χ2n) is 5.25. The highest BCUT2D eigenvalue weighted by atomic mass is 16.6. The summed E-state index contributed by atoms with van der Waals surface area (Å²) >= 11 is 0. The number of rotatable bonds is 5. The molecule has 0 spiro atoms. The van der Waals surface area contributed by atoms with Crippen LogP contribution in [0.3, 0.4) is 0 Å². The first-order valence-electron chi connectivity index (χ1n) is 6.23. The van der Waals surface area contributed by atoms with Crippen LogP contribution in [0.4, 0.5) is 4.79 Å². The van der Waals surface area contributed by atoms with Crippen LogP contribution in [0.15, 0.2) is 24.3 Å². The summed E-state index contributed by atoms with van der Waals surface area (Å²) in [7, 11) is 0. The fourth-order valence-corrected chi connectivity index (χ4v) is 1.35. The van der Waals surface area contributed by atoms with E-state index in [1.54, 1.807) is 45.0 Å². The number of primary amides is 1. The second-order valence-corrected chi connectivity index (χ2v) is 5.25. The van der Waals surface area contributed by atoms with Crippen LogP contribution in [0, 0.1) is 0 Å². The minimum atomic E-state index is -0.527. The van der Waals surface area contributed by atoms with Crippen LogP contribution in [0.5, 0.6) is 5.75 Å². The maximum atomic E-state index is 11.5. The monoisotopic (exact) mass is 280 g/mol. The number of nitrogens with one attached hydrogen (secondary N) is 1. The van der Waals surface area contributed by atoms with Crippen molar-refractivity contribution in [2.24, 2.45) is 5.73 Å². The molecular weight excluding hydrogens is 260 g/mol. The number of ether oxygens (including phenoxy) is 2. The van der Waals surface area contributed by atoms with Gasteiger partial charge in [0, 0.05) is 6.54 Å². The Hall–Kier alpha value is -2.24. The normalized spacial score (nSPS) is 10.8. The largest absolute Gasteiger partial charge is 0.484 e. The highest BCUT2D eigenvalue weighted by Gasteiger charge is 2.15. The van der Waals surface area contributed by atoms with Gasteiger partial charge in [-0.05, 0) is 38.5 Å². The predicted molar refractivity (Wildman–Crippen MR) is 74.2 cm³/mol. The fourth-order valence-electron chi connectivity index (χ4n) is 1.35. The molecular formula is C14H20N2O4. The van der Waals surface area contributed by atoms with Gasteiger partial charge in [-0.25, -0.2) is 4.79 Å². The van der Waals surface area contributed by atoms with Gasteiger partial charge in [-0.2, -0.15) is 0 Å². The standard InChI is InChI=1S/C14H20N2O4/c1-14(2,3)20-13(18)16-8-10-4-6-11(7-5-10)19-9-12(15)17/h4-7H,8-9H2,1-3H3,(H2,15,17)(H,16,18). The molecule has 0 atom stereocenters. The van der Waals surface area contributed by atoms with Crippen molar-refractivity contribution < 1.29 is 19.1 Å². The molecule has 110 valence electrons. The van der Waals surface area contributed by atoms with Gasteiger partial charge in [0.1, 0.15) is 11.4 Å². The fraction of sp³-hybridized carbons (Fsp3) is 0.429. The topological polar surface area (TPSA) is 90.7 Å². The maximum Gasteiger partial charge on any atom is 0.407 e. The Balaban J connectivity index is 2.42. The van der Waals surface area contributed by atoms with Crippen molar-refractivity contribution in [2.45, 2.75) is 32.9 Å². The quantitative estimate of drug-likeness (QED) is 0.856. The lowest BCUT2D eigenvalue weighted by molar-refractivity contribution is -0.119. The van der Waals surface area contributed by atoms with E-state index in [4.69, 9.17) is 15.2 Å². The zero-order valence-electron chi connectivity index (χ0n) is 11.9. The number of hydrogen-bond donors (Lipinski definition) is 2. The third-order valence-electron chi connectivity index (χ3n) is 2.14. The van der Waals surface area contributed by atoms with Crippen molar-refractivity contribution in [3.8, 4) is 5.75 Å². The Morgan fingerprint density at radius 1 is 1.20 bits per heavy atom. The van der Waals surface area contributed by atoms with Crippen LogP contribution in [-0.4, -0.2) is 24.2 Å². The summed E-state index contributed by atoms with van der Waals surface area (Å²) in [5.74, 6) is 0.0190. The Bertz CT molecular complexity index is 463. The molecule has 3 N–H and O–H groups in total. The predicted octanol–water partition coefficient (Wildman–Crippen LogP) is 1.58. The minimum absolute atomic E-state index is 0.157. The maximum absolute atomic E-state index is 11.5. The van der Waals surface area contributed by atoms with E-state index in [9.17, 15) is 9.59 Å². The average molecular weight is 280 g/mol. The van der Waals surface area contributed by atoms with Crippen LogP contribution in [-0.2, 0) is 16.1 Å².